The maximum absolute atomic E-state index is 12.9. The number of hydrogen-bond acceptors (Lipinski definition) is 5. The van der Waals surface area contributed by atoms with Crippen LogP contribution in [-0.2, 0) is 15.6 Å². The molecule has 3 aromatic rings. The Bertz CT molecular complexity index is 1070. The van der Waals surface area contributed by atoms with Gasteiger partial charge in [-0.25, -0.2) is 8.42 Å². The van der Waals surface area contributed by atoms with Gasteiger partial charge in [-0.3, -0.25) is 4.98 Å². The van der Waals surface area contributed by atoms with Crippen LogP contribution in [0.25, 0.3) is 11.1 Å². The number of sulfone groups is 1. The van der Waals surface area contributed by atoms with Crippen molar-refractivity contribution in [3.05, 3.63) is 71.5 Å². The summed E-state index contributed by atoms with van der Waals surface area (Å²) in [6.07, 6.45) is 3.23. The zero-order valence-electron chi connectivity index (χ0n) is 14.8. The average Bonchev–Trinajstić information content (AvgIpc) is 2.68. The number of halogens is 1. The molecule has 5 nitrogen and oxygen atoms in total. The molecule has 0 amide bonds. The van der Waals surface area contributed by atoms with Crippen molar-refractivity contribution in [1.82, 2.24) is 4.98 Å². The molecule has 140 valence electrons. The van der Waals surface area contributed by atoms with Crippen LogP contribution in [0.15, 0.2) is 65.8 Å². The molecule has 27 heavy (non-hydrogen) atoms. The van der Waals surface area contributed by atoms with E-state index in [0.717, 1.165) is 11.1 Å². The molecule has 0 spiro atoms. The number of ether oxygens (including phenoxy) is 2. The fourth-order valence-electron chi connectivity index (χ4n) is 2.72. The maximum Gasteiger partial charge on any atom is 0.186 e. The number of methoxy groups -OCH3 is 2. The first kappa shape index (κ1) is 19.2. The minimum absolute atomic E-state index is 0.0595. The Labute approximate surface area is 163 Å². The van der Waals surface area contributed by atoms with E-state index in [2.05, 4.69) is 4.98 Å². The van der Waals surface area contributed by atoms with Gasteiger partial charge in [0, 0.05) is 23.0 Å². The highest BCUT2D eigenvalue weighted by molar-refractivity contribution is 7.90. The van der Waals surface area contributed by atoms with Crippen LogP contribution >= 0.6 is 11.6 Å². The Morgan fingerprint density at radius 1 is 0.963 bits per heavy atom. The first-order valence-electron chi connectivity index (χ1n) is 8.07. The summed E-state index contributed by atoms with van der Waals surface area (Å²) >= 11 is 5.97. The van der Waals surface area contributed by atoms with E-state index in [1.165, 1.54) is 19.4 Å². The second-order valence-corrected chi connectivity index (χ2v) is 8.26. The normalized spacial score (nSPS) is 11.2. The Hall–Kier alpha value is -2.57. The van der Waals surface area contributed by atoms with Gasteiger partial charge >= 0.3 is 0 Å². The molecule has 7 heteroatoms. The molecule has 0 N–H and O–H groups in total. The van der Waals surface area contributed by atoms with E-state index in [1.807, 2.05) is 24.3 Å². The monoisotopic (exact) mass is 403 g/mol. The minimum Gasteiger partial charge on any atom is -0.497 e. The molecule has 1 aromatic heterocycles. The third-order valence-corrected chi connectivity index (χ3v) is 5.95. The van der Waals surface area contributed by atoms with Crippen molar-refractivity contribution in [3.8, 4) is 22.6 Å². The summed E-state index contributed by atoms with van der Waals surface area (Å²) in [6.45, 7) is 0. The van der Waals surface area contributed by atoms with E-state index < -0.39 is 9.84 Å². The van der Waals surface area contributed by atoms with E-state index in [4.69, 9.17) is 21.1 Å². The van der Waals surface area contributed by atoms with Gasteiger partial charge in [-0.1, -0.05) is 23.7 Å². The SMILES string of the molecule is COc1cccc(-c2cncc(CS(=O)(=O)c3cc(Cl)ccc3OC)c2)c1. The van der Waals surface area contributed by atoms with Crippen molar-refractivity contribution in [3.63, 3.8) is 0 Å². The quantitative estimate of drug-likeness (QED) is 0.610. The average molecular weight is 404 g/mol. The first-order valence-corrected chi connectivity index (χ1v) is 10.1. The van der Waals surface area contributed by atoms with Gasteiger partial charge in [-0.05, 0) is 47.5 Å². The van der Waals surface area contributed by atoms with Crippen molar-refractivity contribution in [2.24, 2.45) is 0 Å². The summed E-state index contributed by atoms with van der Waals surface area (Å²) in [6, 6.07) is 13.8. The van der Waals surface area contributed by atoms with Gasteiger partial charge in [0.05, 0.1) is 20.0 Å². The van der Waals surface area contributed by atoms with Gasteiger partial charge in [-0.2, -0.15) is 0 Å². The number of nitrogens with zero attached hydrogens (tertiary/aromatic N) is 1. The van der Waals surface area contributed by atoms with Crippen molar-refractivity contribution < 1.29 is 17.9 Å². The molecule has 2 aromatic carbocycles. The van der Waals surface area contributed by atoms with Gasteiger partial charge in [0.25, 0.3) is 0 Å². The molecule has 0 saturated heterocycles. The molecule has 0 fully saturated rings. The lowest BCUT2D eigenvalue weighted by molar-refractivity contribution is 0.402. The third kappa shape index (κ3) is 4.40. The molecule has 0 radical (unpaired) electrons. The van der Waals surface area contributed by atoms with Gasteiger partial charge < -0.3 is 9.47 Å². The summed E-state index contributed by atoms with van der Waals surface area (Å²) in [7, 11) is -0.645. The summed E-state index contributed by atoms with van der Waals surface area (Å²) in [5.74, 6) is 0.764. The zero-order chi connectivity index (χ0) is 19.4. The smallest absolute Gasteiger partial charge is 0.186 e. The fraction of sp³-hybridized carbons (Fsp3) is 0.150. The molecule has 0 aliphatic rings. The van der Waals surface area contributed by atoms with Gasteiger partial charge in [0.2, 0.25) is 0 Å². The molecule has 0 atom stereocenters. The summed E-state index contributed by atoms with van der Waals surface area (Å²) < 4.78 is 36.2. The van der Waals surface area contributed by atoms with Crippen molar-refractivity contribution >= 4 is 21.4 Å². The second kappa shape index (κ2) is 7.98. The van der Waals surface area contributed by atoms with Crippen LogP contribution in [0.5, 0.6) is 11.5 Å². The Kier molecular flexibility index (Phi) is 5.68. The van der Waals surface area contributed by atoms with E-state index >= 15 is 0 Å². The highest BCUT2D eigenvalue weighted by Crippen LogP contribution is 2.30. The van der Waals surface area contributed by atoms with Gasteiger partial charge in [-0.15, -0.1) is 0 Å². The molecular formula is C20H18ClNO4S. The molecule has 0 saturated carbocycles. The van der Waals surface area contributed by atoms with Crippen LogP contribution in [0.2, 0.25) is 5.02 Å². The lowest BCUT2D eigenvalue weighted by Gasteiger charge is -2.11. The molecule has 0 bridgehead atoms. The maximum atomic E-state index is 12.9. The molecule has 0 aliphatic heterocycles. The van der Waals surface area contributed by atoms with Gasteiger partial charge in [0.15, 0.2) is 9.84 Å². The van der Waals surface area contributed by atoms with Crippen LogP contribution < -0.4 is 9.47 Å². The number of benzene rings is 2. The Balaban J connectivity index is 1.95. The van der Waals surface area contributed by atoms with Gasteiger partial charge in [0.1, 0.15) is 16.4 Å². The lowest BCUT2D eigenvalue weighted by atomic mass is 10.1. The minimum atomic E-state index is -3.66. The Morgan fingerprint density at radius 2 is 1.78 bits per heavy atom. The lowest BCUT2D eigenvalue weighted by Crippen LogP contribution is -2.07. The largest absolute Gasteiger partial charge is 0.497 e. The summed E-state index contributed by atoms with van der Waals surface area (Å²) in [5, 5.41) is 0.331. The number of aromatic nitrogens is 1. The standard InChI is InChI=1S/C20H18ClNO4S/c1-25-18-5-3-4-15(9-18)16-8-14(11-22-12-16)13-27(23,24)20-10-17(21)6-7-19(20)26-2/h3-12H,13H2,1-2H3. The second-order valence-electron chi connectivity index (χ2n) is 5.87. The molecule has 0 unspecified atom stereocenters. The van der Waals surface area contributed by atoms with Crippen molar-refractivity contribution in [2.45, 2.75) is 10.6 Å². The number of pyridine rings is 1. The van der Waals surface area contributed by atoms with Crippen molar-refractivity contribution in [2.75, 3.05) is 14.2 Å². The van der Waals surface area contributed by atoms with E-state index in [9.17, 15) is 8.42 Å². The molecule has 3 rings (SSSR count). The molecule has 0 aliphatic carbocycles. The van der Waals surface area contributed by atoms with E-state index in [0.29, 0.717) is 16.3 Å². The predicted molar refractivity (Wildman–Crippen MR) is 105 cm³/mol. The van der Waals surface area contributed by atoms with Crippen LogP contribution in [0.3, 0.4) is 0 Å². The fourth-order valence-corrected chi connectivity index (χ4v) is 4.47. The first-order chi connectivity index (χ1) is 12.9. The predicted octanol–water partition coefficient (Wildman–Crippen LogP) is 4.39. The van der Waals surface area contributed by atoms with E-state index in [-0.39, 0.29) is 16.4 Å². The summed E-state index contributed by atoms with van der Waals surface area (Å²) in [5.41, 5.74) is 2.26. The van der Waals surface area contributed by atoms with Crippen LogP contribution in [-0.4, -0.2) is 27.6 Å². The Morgan fingerprint density at radius 3 is 2.52 bits per heavy atom. The molecule has 1 heterocycles. The summed E-state index contributed by atoms with van der Waals surface area (Å²) in [4.78, 5) is 4.25. The van der Waals surface area contributed by atoms with E-state index in [1.54, 1.807) is 31.5 Å². The highest BCUT2D eigenvalue weighted by Gasteiger charge is 2.21. The third-order valence-electron chi connectivity index (χ3n) is 4.02. The van der Waals surface area contributed by atoms with Crippen molar-refractivity contribution in [1.29, 1.82) is 0 Å². The number of hydrogen-bond donors (Lipinski definition) is 0. The van der Waals surface area contributed by atoms with Crippen LogP contribution in [0.4, 0.5) is 0 Å². The molecular weight excluding hydrogens is 386 g/mol. The van der Waals surface area contributed by atoms with Crippen LogP contribution in [0.1, 0.15) is 5.56 Å². The number of rotatable bonds is 6. The highest BCUT2D eigenvalue weighted by atomic mass is 35.5. The van der Waals surface area contributed by atoms with Crippen LogP contribution in [0, 0.1) is 0 Å². The topological polar surface area (TPSA) is 65.5 Å². The zero-order valence-corrected chi connectivity index (χ0v) is 16.4.